The van der Waals surface area contributed by atoms with Crippen molar-refractivity contribution < 1.29 is 43.2 Å². The van der Waals surface area contributed by atoms with Gasteiger partial charge in [-0.3, -0.25) is 0 Å². The number of nitrogens with one attached hydrogen (secondary N) is 2. The van der Waals surface area contributed by atoms with Crippen LogP contribution in [0.3, 0.4) is 0 Å². The third-order valence-corrected chi connectivity index (χ3v) is 6.26. The molecule has 228 valence electrons. The average molecular weight is 585 g/mol. The Bertz CT molecular complexity index is 1250. The maximum Gasteiger partial charge on any atom is 0.408 e. The molecule has 0 spiro atoms. The van der Waals surface area contributed by atoms with Gasteiger partial charge in [-0.25, -0.2) is 19.2 Å². The maximum absolute atomic E-state index is 13.1. The maximum atomic E-state index is 13.1. The fraction of sp³-hybridized carbons (Fsp3) is 0.484. The number of esters is 1. The zero-order chi connectivity index (χ0) is 31.2. The number of carboxylic acid groups (broad SMARTS) is 1. The van der Waals surface area contributed by atoms with Gasteiger partial charge in [-0.1, -0.05) is 48.5 Å². The Morgan fingerprint density at radius 1 is 0.810 bits per heavy atom. The second kappa shape index (κ2) is 13.2. The van der Waals surface area contributed by atoms with E-state index in [1.165, 1.54) is 0 Å². The van der Waals surface area contributed by atoms with Crippen molar-refractivity contribution in [3.05, 3.63) is 59.7 Å². The van der Waals surface area contributed by atoms with Crippen molar-refractivity contribution in [3.8, 4) is 11.1 Å². The number of aliphatic carboxylic acids is 1. The van der Waals surface area contributed by atoms with Crippen LogP contribution in [0.25, 0.3) is 11.1 Å². The molecule has 0 unspecified atom stereocenters. The molecule has 1 aliphatic carbocycles. The van der Waals surface area contributed by atoms with Gasteiger partial charge in [0.1, 0.15) is 18.8 Å². The predicted molar refractivity (Wildman–Crippen MR) is 154 cm³/mol. The predicted octanol–water partition coefficient (Wildman–Crippen LogP) is 4.62. The Kier molecular flexibility index (Phi) is 10.2. The molecule has 3 atom stereocenters. The first-order valence-corrected chi connectivity index (χ1v) is 13.7. The van der Waals surface area contributed by atoms with Crippen LogP contribution in [-0.4, -0.2) is 71.8 Å². The summed E-state index contributed by atoms with van der Waals surface area (Å²) in [4.78, 5) is 49.9. The molecule has 11 nitrogen and oxygen atoms in total. The molecule has 2 aromatic carbocycles. The molecule has 0 saturated heterocycles. The van der Waals surface area contributed by atoms with Gasteiger partial charge in [-0.15, -0.1) is 0 Å². The van der Waals surface area contributed by atoms with Crippen molar-refractivity contribution in [2.45, 2.75) is 83.8 Å². The molecular formula is C31H40N2O9. The van der Waals surface area contributed by atoms with E-state index in [1.807, 2.05) is 48.5 Å². The normalized spacial score (nSPS) is 14.9. The van der Waals surface area contributed by atoms with Crippen LogP contribution in [0.5, 0.6) is 0 Å². The monoisotopic (exact) mass is 584 g/mol. The summed E-state index contributed by atoms with van der Waals surface area (Å²) in [6, 6.07) is 12.9. The van der Waals surface area contributed by atoms with E-state index < -0.39 is 60.1 Å². The summed E-state index contributed by atoms with van der Waals surface area (Å²) in [6.07, 6.45) is -2.73. The van der Waals surface area contributed by atoms with Crippen molar-refractivity contribution in [1.29, 1.82) is 0 Å². The highest BCUT2D eigenvalue weighted by molar-refractivity contribution is 5.84. The van der Waals surface area contributed by atoms with Gasteiger partial charge in [0.05, 0.1) is 11.7 Å². The molecule has 42 heavy (non-hydrogen) atoms. The Labute approximate surface area is 245 Å². The van der Waals surface area contributed by atoms with Gasteiger partial charge in [0.15, 0.2) is 12.1 Å². The first kappa shape index (κ1) is 32.4. The highest BCUT2D eigenvalue weighted by Gasteiger charge is 2.35. The van der Waals surface area contributed by atoms with E-state index in [2.05, 4.69) is 10.6 Å². The van der Waals surface area contributed by atoms with E-state index >= 15 is 0 Å². The highest BCUT2D eigenvalue weighted by atomic mass is 16.6. The number of carboxylic acids is 1. The molecule has 1 aliphatic rings. The largest absolute Gasteiger partial charge is 0.480 e. The number of fused-ring (bicyclic) bond motifs is 3. The molecule has 3 N–H and O–H groups in total. The number of carbonyl (C=O) groups excluding carboxylic acids is 3. The lowest BCUT2D eigenvalue weighted by Crippen LogP contribution is -2.53. The molecule has 2 aromatic rings. The Morgan fingerprint density at radius 3 is 1.86 bits per heavy atom. The van der Waals surface area contributed by atoms with Crippen molar-refractivity contribution in [2.24, 2.45) is 0 Å². The second-order valence-corrected chi connectivity index (χ2v) is 12.0. The van der Waals surface area contributed by atoms with E-state index in [9.17, 15) is 24.3 Å². The third kappa shape index (κ3) is 8.94. The Balaban J connectivity index is 1.68. The lowest BCUT2D eigenvalue weighted by molar-refractivity contribution is -0.156. The van der Waals surface area contributed by atoms with Crippen molar-refractivity contribution in [3.63, 3.8) is 0 Å². The number of hydrogen-bond acceptors (Lipinski definition) is 8. The molecule has 0 fully saturated rings. The number of ether oxygens (including phenoxy) is 4. The van der Waals surface area contributed by atoms with Crippen LogP contribution in [0, 0.1) is 0 Å². The number of alkyl carbamates (subject to hydrolysis) is 2. The molecule has 0 bridgehead atoms. The summed E-state index contributed by atoms with van der Waals surface area (Å²) in [7, 11) is 0. The molecular weight excluding hydrogens is 544 g/mol. The van der Waals surface area contributed by atoms with Gasteiger partial charge < -0.3 is 34.7 Å². The van der Waals surface area contributed by atoms with Crippen molar-refractivity contribution in [1.82, 2.24) is 10.6 Å². The summed E-state index contributed by atoms with van der Waals surface area (Å²) >= 11 is 0. The van der Waals surface area contributed by atoms with Gasteiger partial charge in [-0.2, -0.15) is 0 Å². The first-order valence-electron chi connectivity index (χ1n) is 13.7. The second-order valence-electron chi connectivity index (χ2n) is 12.0. The summed E-state index contributed by atoms with van der Waals surface area (Å²) in [5.41, 5.74) is 2.67. The lowest BCUT2D eigenvalue weighted by Gasteiger charge is -2.30. The summed E-state index contributed by atoms with van der Waals surface area (Å²) in [6.45, 7) is 11.1. The van der Waals surface area contributed by atoms with E-state index in [0.717, 1.165) is 22.3 Å². The van der Waals surface area contributed by atoms with Crippen molar-refractivity contribution >= 4 is 24.1 Å². The fourth-order valence-corrected chi connectivity index (χ4v) is 4.64. The Hall–Kier alpha value is -4.12. The summed E-state index contributed by atoms with van der Waals surface area (Å²) in [5.74, 6) is -2.58. The molecule has 0 aromatic heterocycles. The smallest absolute Gasteiger partial charge is 0.408 e. The average Bonchev–Trinajstić information content (AvgIpc) is 3.19. The topological polar surface area (TPSA) is 149 Å². The minimum Gasteiger partial charge on any atom is -0.480 e. The van der Waals surface area contributed by atoms with Crippen LogP contribution in [0.1, 0.15) is 65.5 Å². The van der Waals surface area contributed by atoms with Crippen LogP contribution in [-0.2, 0) is 28.5 Å². The molecule has 0 heterocycles. The van der Waals surface area contributed by atoms with Gasteiger partial charge in [0.2, 0.25) is 0 Å². The molecule has 3 rings (SSSR count). The molecule has 0 saturated carbocycles. The molecule has 2 amide bonds. The standard InChI is InChI=1S/C31H40N2O9/c1-18(41-30(2,3)4)25(27(36)39-17-24(26(34)35)32-29(38)42-31(5,6)7)33-28(37)40-16-23-21-14-10-8-12-19(21)20-13-9-11-15-22(20)23/h8-15,18,23-25H,16-17H2,1-7H3,(H,32,38)(H,33,37)(H,34,35)/t18-,24+,25+/m1/s1. The number of hydrogen-bond donors (Lipinski definition) is 3. The number of rotatable bonds is 10. The number of carbonyl (C=O) groups is 4. The van der Waals surface area contributed by atoms with E-state index in [-0.39, 0.29) is 12.5 Å². The summed E-state index contributed by atoms with van der Waals surface area (Å²) in [5, 5.41) is 14.2. The fourth-order valence-electron chi connectivity index (χ4n) is 4.64. The molecule has 11 heteroatoms. The minimum absolute atomic E-state index is 0.0248. The van der Waals surface area contributed by atoms with Crippen molar-refractivity contribution in [2.75, 3.05) is 13.2 Å². The zero-order valence-electron chi connectivity index (χ0n) is 25.1. The molecule has 0 aliphatic heterocycles. The zero-order valence-corrected chi connectivity index (χ0v) is 25.1. The van der Waals surface area contributed by atoms with Crippen LogP contribution in [0.2, 0.25) is 0 Å². The van der Waals surface area contributed by atoms with Crippen LogP contribution < -0.4 is 10.6 Å². The van der Waals surface area contributed by atoms with E-state index in [0.29, 0.717) is 0 Å². The van der Waals surface area contributed by atoms with E-state index in [4.69, 9.17) is 18.9 Å². The van der Waals surface area contributed by atoms with Gasteiger partial charge in [0, 0.05) is 5.92 Å². The number of amides is 2. The third-order valence-electron chi connectivity index (χ3n) is 6.26. The van der Waals surface area contributed by atoms with Crippen LogP contribution in [0.15, 0.2) is 48.5 Å². The van der Waals surface area contributed by atoms with Gasteiger partial charge in [-0.05, 0) is 70.7 Å². The molecule has 0 radical (unpaired) electrons. The minimum atomic E-state index is -1.59. The van der Waals surface area contributed by atoms with Crippen LogP contribution in [0.4, 0.5) is 9.59 Å². The first-order chi connectivity index (χ1) is 19.6. The summed E-state index contributed by atoms with van der Waals surface area (Å²) < 4.78 is 21.8. The van der Waals surface area contributed by atoms with Gasteiger partial charge >= 0.3 is 24.1 Å². The number of benzene rings is 2. The van der Waals surface area contributed by atoms with Gasteiger partial charge in [0.25, 0.3) is 0 Å². The SMILES string of the molecule is C[C@@H](OC(C)(C)C)[C@H](NC(=O)OCC1c2ccccc2-c2ccccc21)C(=O)OC[C@H](NC(=O)OC(C)(C)C)C(=O)O. The lowest BCUT2D eigenvalue weighted by atomic mass is 9.98. The quantitative estimate of drug-likeness (QED) is 0.269. The van der Waals surface area contributed by atoms with E-state index in [1.54, 1.807) is 48.5 Å². The van der Waals surface area contributed by atoms with Crippen LogP contribution >= 0.6 is 0 Å². The Morgan fingerprint density at radius 2 is 1.36 bits per heavy atom. The highest BCUT2D eigenvalue weighted by Crippen LogP contribution is 2.44.